The van der Waals surface area contributed by atoms with Gasteiger partial charge in [0.05, 0.1) is 25.5 Å². The number of aryl methyl sites for hydroxylation is 1. The molecule has 0 aliphatic heterocycles. The molecule has 4 N–H and O–H groups in total. The van der Waals surface area contributed by atoms with Crippen LogP contribution in [0.15, 0.2) is 23.3 Å². The number of carbonyl (C=O) groups excluding carboxylic acids is 4. The number of hydrogen-bond donors (Lipinski definition) is 3. The van der Waals surface area contributed by atoms with Crippen molar-refractivity contribution in [1.82, 2.24) is 5.43 Å². The summed E-state index contributed by atoms with van der Waals surface area (Å²) in [6, 6.07) is 4.81. The molecular weight excluding hydrogens is 476 g/mol. The van der Waals surface area contributed by atoms with Gasteiger partial charge in [0, 0.05) is 10.4 Å². The number of hydrazone groups is 1. The van der Waals surface area contributed by atoms with Crippen LogP contribution >= 0.6 is 11.3 Å². The van der Waals surface area contributed by atoms with E-state index in [2.05, 4.69) is 15.8 Å². The maximum atomic E-state index is 12.5. The first-order valence-electron chi connectivity index (χ1n) is 10.7. The number of primary amides is 1. The summed E-state index contributed by atoms with van der Waals surface area (Å²) in [6.07, 6.45) is 3.47. The summed E-state index contributed by atoms with van der Waals surface area (Å²) in [5, 5.41) is 6.78. The molecule has 1 aliphatic rings. The topological polar surface area (TPSA) is 158 Å². The fraction of sp³-hybridized carbons (Fsp3) is 0.348. The lowest BCUT2D eigenvalue weighted by molar-refractivity contribution is -0.136. The molecule has 0 radical (unpaired) electrons. The zero-order valence-corrected chi connectivity index (χ0v) is 20.4. The van der Waals surface area contributed by atoms with E-state index in [9.17, 15) is 19.2 Å². The summed E-state index contributed by atoms with van der Waals surface area (Å²) in [5.74, 6) is -2.49. The SMILES string of the molecule is COC(=O)c1c(NC(=O)C(=O)N/N=C(\C)c2ccc(OCC(N)=O)c(OC)c2)sc2c1CCCC2. The second kappa shape index (κ2) is 11.5. The van der Waals surface area contributed by atoms with Crippen LogP contribution in [0.2, 0.25) is 0 Å². The molecule has 0 saturated carbocycles. The normalized spacial score (nSPS) is 12.8. The average Bonchev–Trinajstić information content (AvgIpc) is 3.22. The number of ether oxygens (including phenoxy) is 3. The van der Waals surface area contributed by atoms with E-state index >= 15 is 0 Å². The van der Waals surface area contributed by atoms with E-state index in [1.165, 1.54) is 25.6 Å². The molecule has 0 atom stereocenters. The number of fused-ring (bicyclic) bond motifs is 1. The maximum absolute atomic E-state index is 12.5. The standard InChI is InChI=1S/C23H26N4O7S/c1-12(13-8-9-15(16(10-13)32-2)34-11-18(24)28)26-27-21(30)20(29)25-22-19(23(31)33-3)14-6-4-5-7-17(14)35-22/h8-10H,4-7,11H2,1-3H3,(H2,24,28)(H,25,29)(H,27,30)/b26-12+. The summed E-state index contributed by atoms with van der Waals surface area (Å²) in [7, 11) is 2.70. The highest BCUT2D eigenvalue weighted by Gasteiger charge is 2.28. The van der Waals surface area contributed by atoms with Crippen molar-refractivity contribution in [3.05, 3.63) is 39.8 Å². The largest absolute Gasteiger partial charge is 0.493 e. The van der Waals surface area contributed by atoms with Gasteiger partial charge in [-0.05, 0) is 56.4 Å². The van der Waals surface area contributed by atoms with Crippen LogP contribution in [0.5, 0.6) is 11.5 Å². The number of nitrogens with zero attached hydrogens (tertiary/aromatic N) is 1. The summed E-state index contributed by atoms with van der Waals surface area (Å²) in [5.41, 5.74) is 9.43. The monoisotopic (exact) mass is 502 g/mol. The van der Waals surface area contributed by atoms with E-state index in [0.29, 0.717) is 33.3 Å². The highest BCUT2D eigenvalue weighted by molar-refractivity contribution is 7.17. The third kappa shape index (κ3) is 6.15. The molecule has 12 heteroatoms. The number of carbonyl (C=O) groups is 4. The van der Waals surface area contributed by atoms with E-state index in [0.717, 1.165) is 36.1 Å². The zero-order chi connectivity index (χ0) is 25.5. The molecule has 0 bridgehead atoms. The number of amides is 3. The molecule has 0 unspecified atom stereocenters. The molecule has 0 spiro atoms. The Balaban J connectivity index is 1.70. The second-order valence-corrected chi connectivity index (χ2v) is 8.72. The number of rotatable bonds is 8. The van der Waals surface area contributed by atoms with Gasteiger partial charge in [-0.3, -0.25) is 14.4 Å². The van der Waals surface area contributed by atoms with Crippen LogP contribution in [0, 0.1) is 0 Å². The molecule has 1 heterocycles. The molecule has 0 saturated heterocycles. The molecule has 11 nitrogen and oxygen atoms in total. The van der Waals surface area contributed by atoms with Crippen molar-refractivity contribution in [2.45, 2.75) is 32.6 Å². The Morgan fingerprint density at radius 2 is 1.83 bits per heavy atom. The van der Waals surface area contributed by atoms with Gasteiger partial charge >= 0.3 is 17.8 Å². The van der Waals surface area contributed by atoms with E-state index in [-0.39, 0.29) is 6.61 Å². The van der Waals surface area contributed by atoms with Crippen LogP contribution in [0.1, 0.15) is 46.1 Å². The molecule has 186 valence electrons. The smallest absolute Gasteiger partial charge is 0.341 e. The number of nitrogens with one attached hydrogen (secondary N) is 2. The highest BCUT2D eigenvalue weighted by atomic mass is 32.1. The lowest BCUT2D eigenvalue weighted by Crippen LogP contribution is -2.33. The van der Waals surface area contributed by atoms with E-state index in [1.807, 2.05) is 0 Å². The fourth-order valence-corrected chi connectivity index (χ4v) is 4.81. The highest BCUT2D eigenvalue weighted by Crippen LogP contribution is 2.38. The Morgan fingerprint density at radius 1 is 1.09 bits per heavy atom. The Bertz CT molecular complexity index is 1190. The summed E-state index contributed by atoms with van der Waals surface area (Å²) >= 11 is 1.28. The van der Waals surface area contributed by atoms with Gasteiger partial charge in [0.1, 0.15) is 5.00 Å². The lowest BCUT2D eigenvalue weighted by Gasteiger charge is -2.12. The minimum atomic E-state index is -1.00. The van der Waals surface area contributed by atoms with E-state index in [1.54, 1.807) is 25.1 Å². The van der Waals surface area contributed by atoms with Crippen LogP contribution in [0.3, 0.4) is 0 Å². The first-order valence-corrected chi connectivity index (χ1v) is 11.5. The summed E-state index contributed by atoms with van der Waals surface area (Å²) < 4.78 is 15.4. The molecule has 1 aliphatic carbocycles. The first-order chi connectivity index (χ1) is 16.7. The Kier molecular flexibility index (Phi) is 8.42. The minimum absolute atomic E-state index is 0.292. The summed E-state index contributed by atoms with van der Waals surface area (Å²) in [4.78, 5) is 49.1. The van der Waals surface area contributed by atoms with Gasteiger partial charge in [-0.1, -0.05) is 0 Å². The Morgan fingerprint density at radius 3 is 2.51 bits per heavy atom. The molecule has 3 amide bonds. The van der Waals surface area contributed by atoms with Gasteiger partial charge in [0.2, 0.25) is 0 Å². The van der Waals surface area contributed by atoms with Crippen molar-refractivity contribution in [1.29, 1.82) is 0 Å². The third-order valence-corrected chi connectivity index (χ3v) is 6.48. The van der Waals surface area contributed by atoms with E-state index in [4.69, 9.17) is 19.9 Å². The first kappa shape index (κ1) is 25.7. The van der Waals surface area contributed by atoms with Gasteiger partial charge in [-0.25, -0.2) is 10.2 Å². The number of thiophene rings is 1. The molecule has 1 aromatic carbocycles. The lowest BCUT2D eigenvalue weighted by atomic mass is 9.95. The van der Waals surface area contributed by atoms with E-state index < -0.39 is 23.7 Å². The average molecular weight is 503 g/mol. The van der Waals surface area contributed by atoms with Crippen molar-refractivity contribution in [3.8, 4) is 11.5 Å². The molecule has 3 rings (SSSR count). The van der Waals surface area contributed by atoms with Crippen LogP contribution in [-0.2, 0) is 32.0 Å². The minimum Gasteiger partial charge on any atom is -0.493 e. The predicted molar refractivity (Wildman–Crippen MR) is 129 cm³/mol. The second-order valence-electron chi connectivity index (χ2n) is 7.62. The van der Waals surface area contributed by atoms with Crippen LogP contribution < -0.4 is 25.9 Å². The number of benzene rings is 1. The molecular formula is C23H26N4O7S. The van der Waals surface area contributed by atoms with Crippen LogP contribution in [0.4, 0.5) is 5.00 Å². The fourth-order valence-electron chi connectivity index (χ4n) is 3.54. The number of nitrogens with two attached hydrogens (primary N) is 1. The quantitative estimate of drug-likeness (QED) is 0.215. The van der Waals surface area contributed by atoms with Crippen molar-refractivity contribution in [2.24, 2.45) is 10.8 Å². The van der Waals surface area contributed by atoms with Crippen molar-refractivity contribution in [3.63, 3.8) is 0 Å². The number of anilines is 1. The van der Waals surface area contributed by atoms with Gasteiger partial charge in [0.15, 0.2) is 18.1 Å². The predicted octanol–water partition coefficient (Wildman–Crippen LogP) is 1.77. The van der Waals surface area contributed by atoms with Crippen LogP contribution in [-0.4, -0.2) is 50.2 Å². The Labute approximate surface area is 205 Å². The van der Waals surface area contributed by atoms with Crippen molar-refractivity contribution < 1.29 is 33.4 Å². The zero-order valence-electron chi connectivity index (χ0n) is 19.6. The number of esters is 1. The van der Waals surface area contributed by atoms with Crippen molar-refractivity contribution in [2.75, 3.05) is 26.1 Å². The Hall–Kier alpha value is -3.93. The maximum Gasteiger partial charge on any atom is 0.341 e. The third-order valence-electron chi connectivity index (χ3n) is 5.27. The number of hydrogen-bond acceptors (Lipinski definition) is 9. The van der Waals surface area contributed by atoms with Crippen molar-refractivity contribution >= 4 is 45.7 Å². The molecule has 0 fully saturated rings. The van der Waals surface area contributed by atoms with Gasteiger partial charge in [0.25, 0.3) is 5.91 Å². The van der Waals surface area contributed by atoms with Gasteiger partial charge in [-0.2, -0.15) is 5.10 Å². The molecule has 1 aromatic heterocycles. The summed E-state index contributed by atoms with van der Waals surface area (Å²) in [6.45, 7) is 1.32. The molecule has 35 heavy (non-hydrogen) atoms. The number of methoxy groups -OCH3 is 2. The van der Waals surface area contributed by atoms with Gasteiger partial charge < -0.3 is 25.3 Å². The van der Waals surface area contributed by atoms with Gasteiger partial charge in [-0.15, -0.1) is 11.3 Å². The van der Waals surface area contributed by atoms with Crippen LogP contribution in [0.25, 0.3) is 0 Å². The molecule has 2 aromatic rings.